The van der Waals surface area contributed by atoms with Crippen LogP contribution in [0.5, 0.6) is 0 Å². The molecule has 6 heteroatoms. The molecule has 1 aliphatic rings. The molecule has 4 aromatic heterocycles. The van der Waals surface area contributed by atoms with Crippen molar-refractivity contribution in [1.82, 2.24) is 23.9 Å². The molecule has 1 fully saturated rings. The molecule has 0 amide bonds. The zero-order chi connectivity index (χ0) is 18.4. The van der Waals surface area contributed by atoms with E-state index < -0.39 is 0 Å². The zero-order valence-electron chi connectivity index (χ0n) is 15.5. The molecule has 2 unspecified atom stereocenters. The van der Waals surface area contributed by atoms with Gasteiger partial charge in [0.15, 0.2) is 0 Å². The number of nitrogen functional groups attached to an aromatic ring is 1. The molecule has 0 bridgehead atoms. The number of fused-ring (bicyclic) bond motifs is 2. The van der Waals surface area contributed by atoms with Crippen molar-refractivity contribution < 1.29 is 0 Å². The molecule has 1 aliphatic carbocycles. The number of hydrogen-bond donors (Lipinski definition) is 1. The van der Waals surface area contributed by atoms with E-state index in [2.05, 4.69) is 55.4 Å². The van der Waals surface area contributed by atoms with Crippen molar-refractivity contribution in [3.8, 4) is 0 Å². The van der Waals surface area contributed by atoms with E-state index in [1.165, 1.54) is 36.9 Å². The summed E-state index contributed by atoms with van der Waals surface area (Å²) in [6, 6.07) is 7.00. The van der Waals surface area contributed by atoms with Gasteiger partial charge in [0.2, 0.25) is 0 Å². The average molecular weight is 360 g/mol. The van der Waals surface area contributed by atoms with E-state index in [-0.39, 0.29) is 0 Å². The van der Waals surface area contributed by atoms with Gasteiger partial charge in [-0.25, -0.2) is 15.0 Å². The SMILES string of the molecule is Cc1cnc2cc(CCC3CCC(n4ccc5c(N)ncnc54)C3)ccn12. The number of aromatic nitrogens is 5. The first-order chi connectivity index (χ1) is 13.2. The summed E-state index contributed by atoms with van der Waals surface area (Å²) in [6.07, 6.45) is 13.8. The number of rotatable bonds is 4. The Morgan fingerprint density at radius 3 is 3.00 bits per heavy atom. The van der Waals surface area contributed by atoms with Crippen molar-refractivity contribution in [3.05, 3.63) is 54.4 Å². The van der Waals surface area contributed by atoms with Crippen molar-refractivity contribution in [2.75, 3.05) is 5.73 Å². The van der Waals surface area contributed by atoms with Crippen molar-refractivity contribution in [2.45, 2.75) is 45.1 Å². The summed E-state index contributed by atoms with van der Waals surface area (Å²) in [5.74, 6) is 1.32. The predicted molar refractivity (Wildman–Crippen MR) is 107 cm³/mol. The molecule has 5 rings (SSSR count). The second-order valence-electron chi connectivity index (χ2n) is 7.75. The maximum Gasteiger partial charge on any atom is 0.145 e. The van der Waals surface area contributed by atoms with Crippen LogP contribution in [0.15, 0.2) is 43.1 Å². The normalized spacial score (nSPS) is 20.0. The van der Waals surface area contributed by atoms with Gasteiger partial charge < -0.3 is 14.7 Å². The molecule has 0 saturated heterocycles. The van der Waals surface area contributed by atoms with Crippen LogP contribution in [0.2, 0.25) is 0 Å². The maximum absolute atomic E-state index is 5.98. The monoisotopic (exact) mass is 360 g/mol. The average Bonchev–Trinajstić information content (AvgIpc) is 3.39. The van der Waals surface area contributed by atoms with Crippen LogP contribution in [0.1, 0.15) is 43.0 Å². The molecular formula is C21H24N6. The van der Waals surface area contributed by atoms with E-state index in [0.717, 1.165) is 29.0 Å². The lowest BCUT2D eigenvalue weighted by molar-refractivity contribution is 0.461. The van der Waals surface area contributed by atoms with Crippen molar-refractivity contribution in [1.29, 1.82) is 0 Å². The summed E-state index contributed by atoms with van der Waals surface area (Å²) in [7, 11) is 0. The van der Waals surface area contributed by atoms with Crippen LogP contribution in [-0.2, 0) is 6.42 Å². The van der Waals surface area contributed by atoms with Gasteiger partial charge in [-0.1, -0.05) is 0 Å². The largest absolute Gasteiger partial charge is 0.383 e. The molecule has 0 spiro atoms. The molecular weight excluding hydrogens is 336 g/mol. The van der Waals surface area contributed by atoms with Crippen LogP contribution in [0, 0.1) is 12.8 Å². The molecule has 27 heavy (non-hydrogen) atoms. The Bertz CT molecular complexity index is 1110. The van der Waals surface area contributed by atoms with Crippen LogP contribution in [0.4, 0.5) is 5.82 Å². The van der Waals surface area contributed by atoms with E-state index >= 15 is 0 Å². The minimum absolute atomic E-state index is 0.513. The predicted octanol–water partition coefficient (Wildman–Crippen LogP) is 3.94. The number of aryl methyl sites for hydroxylation is 2. The summed E-state index contributed by atoms with van der Waals surface area (Å²) < 4.78 is 4.44. The van der Waals surface area contributed by atoms with Gasteiger partial charge in [0.25, 0.3) is 0 Å². The first-order valence-electron chi connectivity index (χ1n) is 9.68. The van der Waals surface area contributed by atoms with Crippen molar-refractivity contribution in [3.63, 3.8) is 0 Å². The number of nitrogens with two attached hydrogens (primary N) is 1. The summed E-state index contributed by atoms with van der Waals surface area (Å²) >= 11 is 0. The maximum atomic E-state index is 5.98. The lowest BCUT2D eigenvalue weighted by Gasteiger charge is -2.14. The number of nitrogens with zero attached hydrogens (tertiary/aromatic N) is 5. The Balaban J connectivity index is 1.27. The topological polar surface area (TPSA) is 74.0 Å². The Morgan fingerprint density at radius 2 is 2.07 bits per heavy atom. The molecule has 4 aromatic rings. The fourth-order valence-corrected chi connectivity index (χ4v) is 4.52. The zero-order valence-corrected chi connectivity index (χ0v) is 15.5. The van der Waals surface area contributed by atoms with E-state index in [9.17, 15) is 0 Å². The van der Waals surface area contributed by atoms with Gasteiger partial charge in [0, 0.05) is 30.3 Å². The molecule has 4 heterocycles. The number of anilines is 1. The first-order valence-corrected chi connectivity index (χ1v) is 9.68. The van der Waals surface area contributed by atoms with Crippen LogP contribution < -0.4 is 5.73 Å². The summed E-state index contributed by atoms with van der Waals surface area (Å²) in [4.78, 5) is 13.0. The molecule has 2 atom stereocenters. The second-order valence-corrected chi connectivity index (χ2v) is 7.75. The second kappa shape index (κ2) is 6.37. The molecule has 2 N–H and O–H groups in total. The van der Waals surface area contributed by atoms with Gasteiger partial charge in [-0.3, -0.25) is 0 Å². The van der Waals surface area contributed by atoms with Crippen molar-refractivity contribution in [2.24, 2.45) is 5.92 Å². The minimum Gasteiger partial charge on any atom is -0.383 e. The highest BCUT2D eigenvalue weighted by atomic mass is 15.1. The third-order valence-electron chi connectivity index (χ3n) is 6.05. The number of pyridine rings is 1. The van der Waals surface area contributed by atoms with E-state index in [0.29, 0.717) is 11.9 Å². The first kappa shape index (κ1) is 16.3. The van der Waals surface area contributed by atoms with E-state index in [1.54, 1.807) is 6.33 Å². The lowest BCUT2D eigenvalue weighted by atomic mass is 9.98. The van der Waals surface area contributed by atoms with Gasteiger partial charge in [-0.2, -0.15) is 0 Å². The van der Waals surface area contributed by atoms with Crippen LogP contribution in [-0.4, -0.2) is 23.9 Å². The van der Waals surface area contributed by atoms with Gasteiger partial charge >= 0.3 is 0 Å². The smallest absolute Gasteiger partial charge is 0.145 e. The quantitative estimate of drug-likeness (QED) is 0.598. The van der Waals surface area contributed by atoms with Gasteiger partial charge in [0.05, 0.1) is 5.39 Å². The minimum atomic E-state index is 0.513. The summed E-state index contributed by atoms with van der Waals surface area (Å²) in [5.41, 5.74) is 10.5. The molecule has 0 aromatic carbocycles. The highest BCUT2D eigenvalue weighted by Gasteiger charge is 2.27. The van der Waals surface area contributed by atoms with Crippen LogP contribution >= 0.6 is 0 Å². The van der Waals surface area contributed by atoms with Gasteiger partial charge in [0.1, 0.15) is 23.4 Å². The summed E-state index contributed by atoms with van der Waals surface area (Å²) in [5, 5.41) is 0.962. The van der Waals surface area contributed by atoms with Crippen molar-refractivity contribution >= 4 is 22.5 Å². The highest BCUT2D eigenvalue weighted by molar-refractivity contribution is 5.86. The molecule has 1 saturated carbocycles. The van der Waals surface area contributed by atoms with Crippen LogP contribution in [0.3, 0.4) is 0 Å². The molecule has 6 nitrogen and oxygen atoms in total. The standard InChI is InChI=1S/C21H24N6/c1-14-12-23-19-11-16(6-8-26(14)19)3-2-15-4-5-17(10-15)27-9-7-18-20(22)24-13-25-21(18)27/h6-9,11-13,15,17H,2-5,10H2,1H3,(H2,22,24,25). The Morgan fingerprint density at radius 1 is 1.15 bits per heavy atom. The lowest BCUT2D eigenvalue weighted by Crippen LogP contribution is -2.06. The van der Waals surface area contributed by atoms with E-state index in [1.807, 2.05) is 12.3 Å². The Hall–Kier alpha value is -2.89. The molecule has 0 radical (unpaired) electrons. The fourth-order valence-electron chi connectivity index (χ4n) is 4.52. The highest BCUT2D eigenvalue weighted by Crippen LogP contribution is 2.38. The fraction of sp³-hybridized carbons (Fsp3) is 0.381. The number of imidazole rings is 1. The van der Waals surface area contributed by atoms with Gasteiger partial charge in [-0.15, -0.1) is 0 Å². The Labute approximate surface area is 158 Å². The third-order valence-corrected chi connectivity index (χ3v) is 6.05. The van der Waals surface area contributed by atoms with E-state index in [4.69, 9.17) is 5.73 Å². The summed E-state index contributed by atoms with van der Waals surface area (Å²) in [6.45, 7) is 2.09. The number of hydrogen-bond acceptors (Lipinski definition) is 4. The van der Waals surface area contributed by atoms with Gasteiger partial charge in [-0.05, 0) is 68.7 Å². The molecule has 0 aliphatic heterocycles. The Kier molecular flexibility index (Phi) is 3.85. The van der Waals surface area contributed by atoms with Crippen LogP contribution in [0.25, 0.3) is 16.7 Å². The third kappa shape index (κ3) is 2.85. The molecule has 138 valence electrons.